The molecule has 3 aliphatic heterocycles. The van der Waals surface area contributed by atoms with Crippen LogP contribution in [0.4, 0.5) is 28.4 Å². The second kappa shape index (κ2) is 11.8. The van der Waals surface area contributed by atoms with Crippen molar-refractivity contribution < 1.29 is 0 Å². The van der Waals surface area contributed by atoms with E-state index in [1.165, 1.54) is 121 Å². The van der Waals surface area contributed by atoms with Crippen molar-refractivity contribution in [3.63, 3.8) is 0 Å². The summed E-state index contributed by atoms with van der Waals surface area (Å²) in [6.07, 6.45) is 4.98. The molecule has 3 heterocycles. The standard InChI is InChI=1S/C56H59BN2/c1-34-29-46-49-47(30-34)59-50-42(55(10)27-17-18-28-56(55,59)11)32-37(53(5,6)7)33-44(50)57(49)43-25-24-39-38-21-15-16-22-41(38)54(8,9)48(39)51(43)58(46)45-26-23-36(52(2,3)4)31-40(45)35-19-13-12-14-20-35/h12-16,19-26,29-33H,17-18,27-28H2,1-11H3. The number of aryl methyl sites for hydroxylation is 1. The second-order valence-electron chi connectivity index (χ2n) is 21.8. The average Bonchev–Trinajstić information content (AvgIpc) is 3.56. The Kier molecular flexibility index (Phi) is 7.43. The molecule has 3 heteroatoms. The van der Waals surface area contributed by atoms with Crippen molar-refractivity contribution in [1.29, 1.82) is 0 Å². The second-order valence-corrected chi connectivity index (χ2v) is 21.8. The highest BCUT2D eigenvalue weighted by Crippen LogP contribution is 2.63. The van der Waals surface area contributed by atoms with Gasteiger partial charge in [-0.25, -0.2) is 0 Å². The fourth-order valence-corrected chi connectivity index (χ4v) is 12.5. The smallest absolute Gasteiger partial charge is 0.252 e. The van der Waals surface area contributed by atoms with E-state index in [9.17, 15) is 0 Å². The summed E-state index contributed by atoms with van der Waals surface area (Å²) in [7, 11) is 0. The number of anilines is 5. The minimum Gasteiger partial charge on any atom is -0.335 e. The van der Waals surface area contributed by atoms with Gasteiger partial charge in [0, 0.05) is 39.1 Å². The van der Waals surface area contributed by atoms with Gasteiger partial charge in [0.1, 0.15) is 0 Å². The average molecular weight is 771 g/mol. The van der Waals surface area contributed by atoms with Crippen LogP contribution in [-0.4, -0.2) is 12.3 Å². The van der Waals surface area contributed by atoms with Gasteiger partial charge in [-0.15, -0.1) is 0 Å². The molecule has 0 N–H and O–H groups in total. The molecule has 2 atom stereocenters. The van der Waals surface area contributed by atoms with Crippen molar-refractivity contribution >= 4 is 51.5 Å². The van der Waals surface area contributed by atoms with Crippen LogP contribution in [0.1, 0.15) is 128 Å². The van der Waals surface area contributed by atoms with E-state index < -0.39 is 0 Å². The number of fused-ring (bicyclic) bond motifs is 11. The maximum Gasteiger partial charge on any atom is 0.252 e. The summed E-state index contributed by atoms with van der Waals surface area (Å²) in [5.74, 6) is 0. The van der Waals surface area contributed by atoms with Crippen LogP contribution in [0, 0.1) is 6.92 Å². The van der Waals surface area contributed by atoms with Crippen molar-refractivity contribution in [1.82, 2.24) is 0 Å². The first-order chi connectivity index (χ1) is 27.9. The van der Waals surface area contributed by atoms with E-state index in [1.54, 1.807) is 5.56 Å². The molecule has 11 rings (SSSR count). The molecule has 1 saturated carbocycles. The third-order valence-corrected chi connectivity index (χ3v) is 15.9. The molecule has 6 aromatic carbocycles. The molecule has 59 heavy (non-hydrogen) atoms. The maximum absolute atomic E-state index is 2.89. The van der Waals surface area contributed by atoms with Crippen molar-refractivity contribution in [3.8, 4) is 22.3 Å². The lowest BCUT2D eigenvalue weighted by Crippen LogP contribution is -2.65. The molecule has 2 nitrogen and oxygen atoms in total. The van der Waals surface area contributed by atoms with Crippen LogP contribution in [0.3, 0.4) is 0 Å². The maximum atomic E-state index is 2.89. The van der Waals surface area contributed by atoms with Crippen LogP contribution in [0.25, 0.3) is 22.3 Å². The number of hydrogen-bond donors (Lipinski definition) is 0. The lowest BCUT2D eigenvalue weighted by Gasteiger charge is -2.53. The van der Waals surface area contributed by atoms with Crippen LogP contribution < -0.4 is 26.2 Å². The Hall–Kier alpha value is -5.02. The van der Waals surface area contributed by atoms with Crippen molar-refractivity contribution in [2.24, 2.45) is 0 Å². The molecule has 1 fully saturated rings. The minimum absolute atomic E-state index is 0.00433. The Morgan fingerprint density at radius 3 is 2.00 bits per heavy atom. The molecule has 2 unspecified atom stereocenters. The lowest BCUT2D eigenvalue weighted by atomic mass is 9.33. The third kappa shape index (κ3) is 4.77. The topological polar surface area (TPSA) is 6.48 Å². The summed E-state index contributed by atoms with van der Waals surface area (Å²) < 4.78 is 0. The van der Waals surface area contributed by atoms with Gasteiger partial charge in [-0.05, 0) is 128 Å². The van der Waals surface area contributed by atoms with Gasteiger partial charge in [0.05, 0.1) is 11.2 Å². The molecule has 0 saturated heterocycles. The highest BCUT2D eigenvalue weighted by Gasteiger charge is 2.62. The normalized spacial score (nSPS) is 21.7. The van der Waals surface area contributed by atoms with Crippen LogP contribution >= 0.6 is 0 Å². The van der Waals surface area contributed by atoms with Crippen molar-refractivity contribution in [2.75, 3.05) is 9.80 Å². The minimum atomic E-state index is -0.205. The lowest BCUT2D eigenvalue weighted by molar-refractivity contribution is 0.195. The van der Waals surface area contributed by atoms with Gasteiger partial charge in [0.25, 0.3) is 6.71 Å². The fourth-order valence-electron chi connectivity index (χ4n) is 12.5. The zero-order valence-corrected chi connectivity index (χ0v) is 37.2. The van der Waals surface area contributed by atoms with Gasteiger partial charge < -0.3 is 9.80 Å². The Morgan fingerprint density at radius 2 is 1.25 bits per heavy atom. The van der Waals surface area contributed by atoms with Gasteiger partial charge in [-0.2, -0.15) is 0 Å². The predicted molar refractivity (Wildman–Crippen MR) is 254 cm³/mol. The quantitative estimate of drug-likeness (QED) is 0.162. The molecule has 296 valence electrons. The molecule has 0 amide bonds. The van der Waals surface area contributed by atoms with Gasteiger partial charge in [-0.3, -0.25) is 0 Å². The molecule has 2 aliphatic carbocycles. The Labute approximate surface area is 353 Å². The molecule has 0 aromatic heterocycles. The van der Waals surface area contributed by atoms with E-state index in [1.807, 2.05) is 0 Å². The first-order valence-corrected chi connectivity index (χ1v) is 22.4. The van der Waals surface area contributed by atoms with Crippen LogP contribution in [-0.2, 0) is 21.7 Å². The fraction of sp³-hybridized carbons (Fsp3) is 0.357. The summed E-state index contributed by atoms with van der Waals surface area (Å²) >= 11 is 0. The van der Waals surface area contributed by atoms with Crippen molar-refractivity contribution in [2.45, 2.75) is 129 Å². The monoisotopic (exact) mass is 770 g/mol. The van der Waals surface area contributed by atoms with E-state index in [0.717, 1.165) is 0 Å². The Morgan fingerprint density at radius 1 is 0.559 bits per heavy atom. The summed E-state index contributed by atoms with van der Waals surface area (Å²) in [6, 6.07) is 43.1. The molecule has 6 aromatic rings. The summed E-state index contributed by atoms with van der Waals surface area (Å²) in [4.78, 5) is 5.64. The summed E-state index contributed by atoms with van der Waals surface area (Å²) in [6.45, 7) is 26.9. The van der Waals surface area contributed by atoms with E-state index in [4.69, 9.17) is 0 Å². The molecule has 5 aliphatic rings. The molecular formula is C56H59BN2. The van der Waals surface area contributed by atoms with Crippen LogP contribution in [0.15, 0.2) is 109 Å². The Balaban J connectivity index is 1.31. The van der Waals surface area contributed by atoms with Gasteiger partial charge in [-0.1, -0.05) is 160 Å². The van der Waals surface area contributed by atoms with E-state index in [-0.39, 0.29) is 33.9 Å². The van der Waals surface area contributed by atoms with Gasteiger partial charge in [0.2, 0.25) is 0 Å². The summed E-state index contributed by atoms with van der Waals surface area (Å²) in [5.41, 5.74) is 25.0. The van der Waals surface area contributed by atoms with Gasteiger partial charge >= 0.3 is 0 Å². The highest BCUT2D eigenvalue weighted by molar-refractivity contribution is 7.00. The largest absolute Gasteiger partial charge is 0.335 e. The SMILES string of the molecule is Cc1cc2c3c(c1)N1c4c(cc(C(C)(C)C)cc4C4(C)CCCCC14C)B3c1ccc3c(c1N2c1ccc(C(C)(C)C)cc1-c1ccccc1)C(C)(C)c1ccccc1-3. The Bertz CT molecular complexity index is 2780. The van der Waals surface area contributed by atoms with E-state index >= 15 is 0 Å². The van der Waals surface area contributed by atoms with Gasteiger partial charge in [0.15, 0.2) is 0 Å². The number of hydrogen-bond acceptors (Lipinski definition) is 2. The van der Waals surface area contributed by atoms with Crippen LogP contribution in [0.5, 0.6) is 0 Å². The third-order valence-electron chi connectivity index (χ3n) is 15.9. The van der Waals surface area contributed by atoms with Crippen LogP contribution in [0.2, 0.25) is 0 Å². The summed E-state index contributed by atoms with van der Waals surface area (Å²) in [5, 5.41) is 0. The zero-order chi connectivity index (χ0) is 41.2. The number of benzene rings is 6. The number of rotatable bonds is 2. The molecular weight excluding hydrogens is 711 g/mol. The van der Waals surface area contributed by atoms with Crippen molar-refractivity contribution in [3.05, 3.63) is 143 Å². The predicted octanol–water partition coefficient (Wildman–Crippen LogP) is 12.9. The molecule has 0 bridgehead atoms. The zero-order valence-electron chi connectivity index (χ0n) is 37.2. The molecule has 0 spiro atoms. The first-order valence-electron chi connectivity index (χ1n) is 22.4. The molecule has 0 radical (unpaired) electrons. The first kappa shape index (κ1) is 37.0. The van der Waals surface area contributed by atoms with E-state index in [0.29, 0.717) is 0 Å². The number of nitrogens with zero attached hydrogens (tertiary/aromatic N) is 2. The highest BCUT2D eigenvalue weighted by atomic mass is 15.3. The van der Waals surface area contributed by atoms with E-state index in [2.05, 4.69) is 195 Å².